The molecule has 2 heterocycles. The van der Waals surface area contributed by atoms with Gasteiger partial charge >= 0.3 is 0 Å². The summed E-state index contributed by atoms with van der Waals surface area (Å²) in [4.78, 5) is 20.9. The first-order chi connectivity index (χ1) is 13.6. The maximum absolute atomic E-state index is 13.3. The minimum absolute atomic E-state index is 0.0572. The summed E-state index contributed by atoms with van der Waals surface area (Å²) in [5.41, 5.74) is 1.07. The van der Waals surface area contributed by atoms with E-state index < -0.39 is 0 Å². The molecular formula is C20H18ClFN4O2. The van der Waals surface area contributed by atoms with Crippen molar-refractivity contribution in [3.05, 3.63) is 70.8 Å². The topological polar surface area (TPSA) is 62.5 Å². The smallest absolute Gasteiger partial charge is 0.258 e. The first kappa shape index (κ1) is 18.6. The van der Waals surface area contributed by atoms with Crippen LogP contribution in [0.5, 0.6) is 0 Å². The van der Waals surface area contributed by atoms with Gasteiger partial charge < -0.3 is 9.42 Å². The zero-order valence-electron chi connectivity index (χ0n) is 15.0. The molecule has 3 aromatic rings. The van der Waals surface area contributed by atoms with Crippen LogP contribution >= 0.6 is 11.6 Å². The Balaban J connectivity index is 1.35. The molecular weight excluding hydrogens is 383 g/mol. The summed E-state index contributed by atoms with van der Waals surface area (Å²) < 4.78 is 18.6. The van der Waals surface area contributed by atoms with Crippen molar-refractivity contribution in [2.75, 3.05) is 26.2 Å². The lowest BCUT2D eigenvalue weighted by atomic mass is 10.2. The van der Waals surface area contributed by atoms with Gasteiger partial charge in [0.25, 0.3) is 11.8 Å². The van der Waals surface area contributed by atoms with Gasteiger partial charge in [-0.25, -0.2) is 4.39 Å². The van der Waals surface area contributed by atoms with Crippen LogP contribution < -0.4 is 0 Å². The molecule has 0 saturated carbocycles. The number of amides is 1. The Kier molecular flexibility index (Phi) is 5.36. The monoisotopic (exact) mass is 400 g/mol. The molecule has 0 radical (unpaired) electrons. The fraction of sp³-hybridized carbons (Fsp3) is 0.250. The van der Waals surface area contributed by atoms with Crippen LogP contribution in [0, 0.1) is 5.82 Å². The number of aromatic nitrogens is 2. The van der Waals surface area contributed by atoms with Crippen LogP contribution in [0.25, 0.3) is 11.5 Å². The van der Waals surface area contributed by atoms with Gasteiger partial charge in [0.2, 0.25) is 0 Å². The predicted octanol–water partition coefficient (Wildman–Crippen LogP) is 3.49. The lowest BCUT2D eigenvalue weighted by molar-refractivity contribution is 0.0624. The third-order valence-electron chi connectivity index (χ3n) is 4.67. The average Bonchev–Trinajstić information content (AvgIpc) is 3.17. The number of piperazine rings is 1. The molecule has 1 amide bonds. The molecule has 144 valence electrons. The number of benzene rings is 2. The SMILES string of the molecule is O=C(c1ccccc1Cl)N1CCN(Cc2noc(-c3cccc(F)c3)n2)CC1. The molecule has 1 saturated heterocycles. The molecule has 28 heavy (non-hydrogen) atoms. The Morgan fingerprint density at radius 2 is 1.89 bits per heavy atom. The van der Waals surface area contributed by atoms with Crippen LogP contribution in [0.1, 0.15) is 16.2 Å². The van der Waals surface area contributed by atoms with Gasteiger partial charge in [0.05, 0.1) is 17.1 Å². The average molecular weight is 401 g/mol. The molecule has 0 unspecified atom stereocenters. The van der Waals surface area contributed by atoms with Crippen LogP contribution in [0.3, 0.4) is 0 Å². The maximum Gasteiger partial charge on any atom is 0.258 e. The Bertz CT molecular complexity index is 986. The predicted molar refractivity (Wildman–Crippen MR) is 102 cm³/mol. The summed E-state index contributed by atoms with van der Waals surface area (Å²) in [6.07, 6.45) is 0. The number of hydrogen-bond donors (Lipinski definition) is 0. The van der Waals surface area contributed by atoms with Gasteiger partial charge in [-0.1, -0.05) is 35.0 Å². The Labute approximate surface area is 166 Å². The van der Waals surface area contributed by atoms with E-state index in [9.17, 15) is 9.18 Å². The zero-order chi connectivity index (χ0) is 19.5. The highest BCUT2D eigenvalue weighted by Crippen LogP contribution is 2.20. The van der Waals surface area contributed by atoms with Crippen molar-refractivity contribution in [3.63, 3.8) is 0 Å². The van der Waals surface area contributed by atoms with Crippen molar-refractivity contribution in [2.24, 2.45) is 0 Å². The minimum atomic E-state index is -0.350. The number of rotatable bonds is 4. The van der Waals surface area contributed by atoms with E-state index in [1.807, 2.05) is 6.07 Å². The summed E-state index contributed by atoms with van der Waals surface area (Å²) in [6, 6.07) is 13.1. The molecule has 1 aromatic heterocycles. The number of nitrogens with zero attached hydrogens (tertiary/aromatic N) is 4. The maximum atomic E-state index is 13.3. The molecule has 0 N–H and O–H groups in total. The van der Waals surface area contributed by atoms with Gasteiger partial charge in [-0.15, -0.1) is 0 Å². The van der Waals surface area contributed by atoms with Crippen LogP contribution in [-0.4, -0.2) is 52.0 Å². The molecule has 0 bridgehead atoms. The first-order valence-corrected chi connectivity index (χ1v) is 9.32. The van der Waals surface area contributed by atoms with Gasteiger partial charge in [0.15, 0.2) is 5.82 Å². The second-order valence-corrected chi connectivity index (χ2v) is 6.98. The molecule has 1 fully saturated rings. The number of hydrogen-bond acceptors (Lipinski definition) is 5. The molecule has 2 aromatic carbocycles. The van der Waals surface area contributed by atoms with Crippen molar-refractivity contribution in [1.29, 1.82) is 0 Å². The van der Waals surface area contributed by atoms with Gasteiger partial charge in [0, 0.05) is 31.7 Å². The van der Waals surface area contributed by atoms with E-state index in [2.05, 4.69) is 15.0 Å². The van der Waals surface area contributed by atoms with Crippen molar-refractivity contribution in [1.82, 2.24) is 19.9 Å². The van der Waals surface area contributed by atoms with Crippen molar-refractivity contribution >= 4 is 17.5 Å². The normalized spacial score (nSPS) is 15.0. The Morgan fingerprint density at radius 1 is 1.11 bits per heavy atom. The molecule has 1 aliphatic heterocycles. The molecule has 0 spiro atoms. The largest absolute Gasteiger partial charge is 0.336 e. The highest BCUT2D eigenvalue weighted by atomic mass is 35.5. The van der Waals surface area contributed by atoms with Crippen LogP contribution in [0.15, 0.2) is 53.1 Å². The standard InChI is InChI=1S/C20H18ClFN4O2/c21-17-7-2-1-6-16(17)20(27)26-10-8-25(9-11-26)13-18-23-19(28-24-18)14-4-3-5-15(22)12-14/h1-7,12H,8-11,13H2. The fourth-order valence-electron chi connectivity index (χ4n) is 3.17. The van der Waals surface area contributed by atoms with Gasteiger partial charge in [-0.3, -0.25) is 9.69 Å². The van der Waals surface area contributed by atoms with Crippen LogP contribution in [0.2, 0.25) is 5.02 Å². The first-order valence-electron chi connectivity index (χ1n) is 8.95. The van der Waals surface area contributed by atoms with E-state index in [1.54, 1.807) is 35.2 Å². The molecule has 0 atom stereocenters. The van der Waals surface area contributed by atoms with E-state index in [-0.39, 0.29) is 11.7 Å². The molecule has 0 aliphatic carbocycles. The quantitative estimate of drug-likeness (QED) is 0.671. The van der Waals surface area contributed by atoms with E-state index in [0.29, 0.717) is 60.6 Å². The molecule has 8 heteroatoms. The number of carbonyl (C=O) groups excluding carboxylic acids is 1. The molecule has 6 nitrogen and oxygen atoms in total. The van der Waals surface area contributed by atoms with E-state index in [1.165, 1.54) is 12.1 Å². The lowest BCUT2D eigenvalue weighted by Crippen LogP contribution is -2.48. The van der Waals surface area contributed by atoms with Crippen molar-refractivity contribution < 1.29 is 13.7 Å². The summed E-state index contributed by atoms with van der Waals surface area (Å²) in [6.45, 7) is 3.09. The lowest BCUT2D eigenvalue weighted by Gasteiger charge is -2.34. The summed E-state index contributed by atoms with van der Waals surface area (Å²) in [7, 11) is 0. The second-order valence-electron chi connectivity index (χ2n) is 6.57. The van der Waals surface area contributed by atoms with Crippen LogP contribution in [0.4, 0.5) is 4.39 Å². The third kappa shape index (κ3) is 4.05. The third-order valence-corrected chi connectivity index (χ3v) is 5.00. The molecule has 1 aliphatic rings. The van der Waals surface area contributed by atoms with Gasteiger partial charge in [-0.05, 0) is 30.3 Å². The van der Waals surface area contributed by atoms with E-state index in [4.69, 9.17) is 16.1 Å². The highest BCUT2D eigenvalue weighted by Gasteiger charge is 2.24. The second kappa shape index (κ2) is 8.08. The van der Waals surface area contributed by atoms with Gasteiger partial charge in [0.1, 0.15) is 5.82 Å². The molecule has 4 rings (SSSR count). The summed E-state index contributed by atoms with van der Waals surface area (Å²) in [5, 5.41) is 4.45. The Hall–Kier alpha value is -2.77. The van der Waals surface area contributed by atoms with Crippen LogP contribution in [-0.2, 0) is 6.54 Å². The van der Waals surface area contributed by atoms with Crippen molar-refractivity contribution in [3.8, 4) is 11.5 Å². The fourth-order valence-corrected chi connectivity index (χ4v) is 3.39. The summed E-state index contributed by atoms with van der Waals surface area (Å²) in [5.74, 6) is 0.418. The van der Waals surface area contributed by atoms with Gasteiger partial charge in [-0.2, -0.15) is 4.98 Å². The minimum Gasteiger partial charge on any atom is -0.336 e. The van der Waals surface area contributed by atoms with Crippen molar-refractivity contribution in [2.45, 2.75) is 6.54 Å². The Morgan fingerprint density at radius 3 is 2.64 bits per heavy atom. The summed E-state index contributed by atoms with van der Waals surface area (Å²) >= 11 is 6.13. The zero-order valence-corrected chi connectivity index (χ0v) is 15.8. The van der Waals surface area contributed by atoms with E-state index in [0.717, 1.165) is 0 Å². The number of halogens is 2. The number of carbonyl (C=O) groups is 1. The highest BCUT2D eigenvalue weighted by molar-refractivity contribution is 6.33. The van der Waals surface area contributed by atoms with E-state index >= 15 is 0 Å².